The van der Waals surface area contributed by atoms with E-state index in [1.165, 1.54) is 0 Å². The Hall–Kier alpha value is -1.40. The highest BCUT2D eigenvalue weighted by atomic mass is 35.5. The third kappa shape index (κ3) is 1.70. The Morgan fingerprint density at radius 1 is 1.26 bits per heavy atom. The summed E-state index contributed by atoms with van der Waals surface area (Å²) in [6.07, 6.45) is 5.21. The molecule has 7 heteroatoms. The summed E-state index contributed by atoms with van der Waals surface area (Å²) < 4.78 is 0. The highest BCUT2D eigenvalue weighted by molar-refractivity contribution is 6.28. The number of fused-ring (bicyclic) bond motifs is 3. The van der Waals surface area contributed by atoms with Crippen LogP contribution in [0.4, 0.5) is 5.82 Å². The first-order valence-electron chi connectivity index (χ1n) is 6.55. The topological polar surface area (TPSA) is 77.9 Å². The van der Waals surface area contributed by atoms with Gasteiger partial charge in [-0.05, 0) is 37.3 Å². The molecule has 0 aromatic carbocycles. The van der Waals surface area contributed by atoms with Crippen molar-refractivity contribution >= 4 is 28.6 Å². The molecule has 100 valence electrons. The van der Waals surface area contributed by atoms with Crippen LogP contribution in [-0.4, -0.2) is 43.2 Å². The highest BCUT2D eigenvalue weighted by Gasteiger charge is 2.41. The number of anilines is 1. The predicted molar refractivity (Wildman–Crippen MR) is 71.2 cm³/mol. The summed E-state index contributed by atoms with van der Waals surface area (Å²) in [6.45, 7) is 0. The van der Waals surface area contributed by atoms with Gasteiger partial charge < -0.3 is 15.0 Å². The number of nitrogens with one attached hydrogen (secondary N) is 1. The van der Waals surface area contributed by atoms with Crippen molar-refractivity contribution in [2.45, 2.75) is 43.9 Å². The maximum absolute atomic E-state index is 9.88. The molecule has 0 saturated carbocycles. The van der Waals surface area contributed by atoms with Crippen LogP contribution in [0.3, 0.4) is 0 Å². The van der Waals surface area contributed by atoms with Crippen molar-refractivity contribution in [3.63, 3.8) is 0 Å². The summed E-state index contributed by atoms with van der Waals surface area (Å²) in [5.41, 5.74) is 1.43. The van der Waals surface area contributed by atoms with Gasteiger partial charge in [-0.15, -0.1) is 0 Å². The Bertz CT molecular complexity index is 616. The van der Waals surface area contributed by atoms with E-state index >= 15 is 0 Å². The molecule has 2 aliphatic rings. The fraction of sp³-hybridized carbons (Fsp3) is 0.583. The van der Waals surface area contributed by atoms with Crippen LogP contribution >= 0.6 is 11.6 Å². The van der Waals surface area contributed by atoms with E-state index in [0.717, 1.165) is 37.0 Å². The summed E-state index contributed by atoms with van der Waals surface area (Å²) in [7, 11) is 0. The van der Waals surface area contributed by atoms with Crippen LogP contribution in [0.15, 0.2) is 6.33 Å². The van der Waals surface area contributed by atoms with Crippen LogP contribution < -0.4 is 4.90 Å². The number of hydrogen-bond acceptors (Lipinski definition) is 5. The molecule has 2 unspecified atom stereocenters. The number of aliphatic hydroxyl groups is 1. The zero-order valence-electron chi connectivity index (χ0n) is 10.3. The van der Waals surface area contributed by atoms with Gasteiger partial charge in [0.25, 0.3) is 0 Å². The van der Waals surface area contributed by atoms with Gasteiger partial charge in [0.05, 0.1) is 12.4 Å². The highest BCUT2D eigenvalue weighted by Crippen LogP contribution is 2.40. The third-order valence-corrected chi connectivity index (χ3v) is 4.36. The quantitative estimate of drug-likeness (QED) is 0.774. The maximum Gasteiger partial charge on any atom is 0.226 e. The number of H-pyrrole nitrogens is 1. The Labute approximate surface area is 114 Å². The van der Waals surface area contributed by atoms with Crippen molar-refractivity contribution < 1.29 is 5.11 Å². The smallest absolute Gasteiger partial charge is 0.226 e. The van der Waals surface area contributed by atoms with E-state index in [2.05, 4.69) is 24.8 Å². The molecule has 2 bridgehead atoms. The Kier molecular flexibility index (Phi) is 2.43. The fourth-order valence-electron chi connectivity index (χ4n) is 3.47. The summed E-state index contributed by atoms with van der Waals surface area (Å²) in [4.78, 5) is 18.0. The summed E-state index contributed by atoms with van der Waals surface area (Å²) in [6, 6.07) is 0.678. The Morgan fingerprint density at radius 3 is 2.74 bits per heavy atom. The third-order valence-electron chi connectivity index (χ3n) is 4.19. The second-order valence-electron chi connectivity index (χ2n) is 5.33. The minimum Gasteiger partial charge on any atom is -0.393 e. The Balaban J connectivity index is 1.84. The molecule has 2 atom stereocenters. The molecule has 2 aromatic heterocycles. The zero-order valence-corrected chi connectivity index (χ0v) is 11.0. The summed E-state index contributed by atoms with van der Waals surface area (Å²) in [5, 5.41) is 10.1. The first-order chi connectivity index (χ1) is 9.22. The normalized spacial score (nSPS) is 30.2. The number of aromatic nitrogens is 4. The van der Waals surface area contributed by atoms with Crippen molar-refractivity contribution in [3.8, 4) is 0 Å². The molecule has 2 N–H and O–H groups in total. The first kappa shape index (κ1) is 11.4. The van der Waals surface area contributed by atoms with Gasteiger partial charge in [0.2, 0.25) is 5.28 Å². The number of imidazole rings is 1. The van der Waals surface area contributed by atoms with E-state index in [9.17, 15) is 5.11 Å². The number of halogens is 1. The maximum atomic E-state index is 9.88. The Morgan fingerprint density at radius 2 is 2.00 bits per heavy atom. The van der Waals surface area contributed by atoms with Gasteiger partial charge in [-0.2, -0.15) is 9.97 Å². The monoisotopic (exact) mass is 279 g/mol. The average Bonchev–Trinajstić information content (AvgIpc) is 2.92. The summed E-state index contributed by atoms with van der Waals surface area (Å²) >= 11 is 5.99. The van der Waals surface area contributed by atoms with Gasteiger partial charge in [0, 0.05) is 12.1 Å². The lowest BCUT2D eigenvalue weighted by atomic mass is 10.00. The second-order valence-corrected chi connectivity index (χ2v) is 5.67. The SMILES string of the molecule is OC1CC2CCC(C1)N2c1nc(Cl)nc2nc[nH]c12. The molecule has 6 nitrogen and oxygen atoms in total. The van der Waals surface area contributed by atoms with Gasteiger partial charge in [-0.25, -0.2) is 4.98 Å². The van der Waals surface area contributed by atoms with E-state index in [1.807, 2.05) is 0 Å². The van der Waals surface area contributed by atoms with E-state index in [0.29, 0.717) is 17.7 Å². The molecule has 2 saturated heterocycles. The van der Waals surface area contributed by atoms with Crippen molar-refractivity contribution in [1.82, 2.24) is 19.9 Å². The van der Waals surface area contributed by atoms with Crippen molar-refractivity contribution in [1.29, 1.82) is 0 Å². The molecular formula is C12H14ClN5O. The van der Waals surface area contributed by atoms with Crippen molar-refractivity contribution in [2.24, 2.45) is 0 Å². The van der Waals surface area contributed by atoms with Crippen LogP contribution in [0, 0.1) is 0 Å². The molecule has 0 aliphatic carbocycles. The fourth-order valence-corrected chi connectivity index (χ4v) is 3.63. The molecule has 2 aromatic rings. The molecule has 0 radical (unpaired) electrons. The van der Waals surface area contributed by atoms with Gasteiger partial charge in [-0.1, -0.05) is 0 Å². The first-order valence-corrected chi connectivity index (χ1v) is 6.93. The molecular weight excluding hydrogens is 266 g/mol. The minimum atomic E-state index is -0.191. The van der Waals surface area contributed by atoms with Crippen LogP contribution in [0.25, 0.3) is 11.2 Å². The van der Waals surface area contributed by atoms with Gasteiger partial charge in [-0.3, -0.25) is 0 Å². The number of piperidine rings is 1. The molecule has 4 rings (SSSR count). The molecule has 2 fully saturated rings. The summed E-state index contributed by atoms with van der Waals surface area (Å²) in [5.74, 6) is 0.826. The predicted octanol–water partition coefficient (Wildman–Crippen LogP) is 1.50. The standard InChI is InChI=1S/C12H14ClN5O/c13-12-16-10-9(14-5-15-10)11(17-12)18-6-1-2-7(18)4-8(19)3-6/h5-8,19H,1-4H2,(H,14,15,16,17). The van der Waals surface area contributed by atoms with Gasteiger partial charge in [0.15, 0.2) is 11.5 Å². The van der Waals surface area contributed by atoms with Gasteiger partial charge >= 0.3 is 0 Å². The second kappa shape index (κ2) is 4.05. The van der Waals surface area contributed by atoms with Crippen LogP contribution in [0.1, 0.15) is 25.7 Å². The van der Waals surface area contributed by atoms with Crippen LogP contribution in [0.2, 0.25) is 5.28 Å². The number of nitrogens with zero attached hydrogens (tertiary/aromatic N) is 4. The number of hydrogen-bond donors (Lipinski definition) is 2. The number of rotatable bonds is 1. The van der Waals surface area contributed by atoms with Gasteiger partial charge in [0.1, 0.15) is 5.52 Å². The van der Waals surface area contributed by atoms with Crippen molar-refractivity contribution in [3.05, 3.63) is 11.6 Å². The molecule has 19 heavy (non-hydrogen) atoms. The minimum absolute atomic E-state index is 0.191. The number of aliphatic hydroxyl groups excluding tert-OH is 1. The zero-order chi connectivity index (χ0) is 13.0. The molecule has 0 amide bonds. The van der Waals surface area contributed by atoms with E-state index in [1.54, 1.807) is 6.33 Å². The van der Waals surface area contributed by atoms with Crippen molar-refractivity contribution in [2.75, 3.05) is 4.90 Å². The largest absolute Gasteiger partial charge is 0.393 e. The molecule has 2 aliphatic heterocycles. The molecule has 0 spiro atoms. The van der Waals surface area contributed by atoms with E-state index in [4.69, 9.17) is 11.6 Å². The van der Waals surface area contributed by atoms with E-state index in [-0.39, 0.29) is 11.4 Å². The lowest BCUT2D eigenvalue weighted by molar-refractivity contribution is 0.126. The average molecular weight is 280 g/mol. The van der Waals surface area contributed by atoms with E-state index < -0.39 is 0 Å². The lowest BCUT2D eigenvalue weighted by Gasteiger charge is -2.38. The lowest BCUT2D eigenvalue weighted by Crippen LogP contribution is -2.45. The van der Waals surface area contributed by atoms with Crippen LogP contribution in [0.5, 0.6) is 0 Å². The molecule has 4 heterocycles. The number of aromatic amines is 1. The van der Waals surface area contributed by atoms with Crippen LogP contribution in [-0.2, 0) is 0 Å².